The molecule has 0 aliphatic rings. The Balaban J connectivity index is 1.80. The highest BCUT2D eigenvalue weighted by molar-refractivity contribution is 8.01. The fraction of sp³-hybridized carbons (Fsp3) is 0.188. The van der Waals surface area contributed by atoms with Crippen molar-refractivity contribution in [2.24, 2.45) is 0 Å². The van der Waals surface area contributed by atoms with Crippen molar-refractivity contribution in [2.75, 3.05) is 11.1 Å². The summed E-state index contributed by atoms with van der Waals surface area (Å²) in [5.41, 5.74) is 0.649. The zero-order valence-electron chi connectivity index (χ0n) is 12.1. The van der Waals surface area contributed by atoms with Gasteiger partial charge in [0.25, 0.3) is 5.91 Å². The van der Waals surface area contributed by atoms with E-state index < -0.39 is 0 Å². The van der Waals surface area contributed by atoms with Gasteiger partial charge in [-0.1, -0.05) is 66.4 Å². The first-order valence-corrected chi connectivity index (χ1v) is 8.83. The summed E-state index contributed by atoms with van der Waals surface area (Å²) >= 11 is 3.07. The number of anilines is 1. The average molecular weight is 329 g/mol. The highest BCUT2D eigenvalue weighted by Gasteiger charge is 2.12. The molecule has 1 aromatic heterocycles. The molecule has 22 heavy (non-hydrogen) atoms. The van der Waals surface area contributed by atoms with Gasteiger partial charge in [0.1, 0.15) is 0 Å². The number of carbonyl (C=O) groups excluding carboxylic acids is 1. The molecule has 1 amide bonds. The minimum absolute atomic E-state index is 0.153. The van der Waals surface area contributed by atoms with Crippen LogP contribution in [0.3, 0.4) is 0 Å². The lowest BCUT2D eigenvalue weighted by Crippen LogP contribution is -2.12. The van der Waals surface area contributed by atoms with Crippen LogP contribution in [0.25, 0.3) is 10.8 Å². The van der Waals surface area contributed by atoms with Crippen molar-refractivity contribution in [3.63, 3.8) is 0 Å². The predicted octanol–water partition coefficient (Wildman–Crippen LogP) is 4.45. The zero-order valence-corrected chi connectivity index (χ0v) is 13.7. The van der Waals surface area contributed by atoms with Gasteiger partial charge in [0.15, 0.2) is 4.34 Å². The molecule has 4 nitrogen and oxygen atoms in total. The van der Waals surface area contributed by atoms with Gasteiger partial charge >= 0.3 is 0 Å². The third-order valence-corrected chi connectivity index (χ3v) is 5.27. The van der Waals surface area contributed by atoms with Crippen LogP contribution in [0, 0.1) is 0 Å². The molecule has 0 atom stereocenters. The standard InChI is InChI=1S/C16H15N3OS2/c1-2-10-21-16-19-18-15(22-16)17-14(20)13-9-5-7-11-6-3-4-8-12(11)13/h3-9H,2,10H2,1H3,(H,17,18,20). The molecule has 0 aliphatic heterocycles. The minimum Gasteiger partial charge on any atom is -0.296 e. The molecule has 112 valence electrons. The van der Waals surface area contributed by atoms with Gasteiger partial charge in [-0.2, -0.15) is 0 Å². The van der Waals surface area contributed by atoms with Crippen molar-refractivity contribution >= 4 is 44.9 Å². The lowest BCUT2D eigenvalue weighted by atomic mass is 10.0. The molecule has 0 saturated heterocycles. The van der Waals surface area contributed by atoms with Gasteiger partial charge in [-0.15, -0.1) is 10.2 Å². The lowest BCUT2D eigenvalue weighted by Gasteiger charge is -2.05. The Labute approximate surface area is 137 Å². The first-order chi connectivity index (χ1) is 10.8. The average Bonchev–Trinajstić information content (AvgIpc) is 2.99. The van der Waals surface area contributed by atoms with Crippen LogP contribution in [0.4, 0.5) is 5.13 Å². The summed E-state index contributed by atoms with van der Waals surface area (Å²) in [6.07, 6.45) is 1.09. The Morgan fingerprint density at radius 2 is 2.00 bits per heavy atom. The van der Waals surface area contributed by atoms with Gasteiger partial charge in [-0.05, 0) is 23.3 Å². The van der Waals surface area contributed by atoms with Crippen molar-refractivity contribution in [1.29, 1.82) is 0 Å². The van der Waals surface area contributed by atoms with Crippen LogP contribution in [0.15, 0.2) is 46.8 Å². The van der Waals surface area contributed by atoms with Gasteiger partial charge in [-0.3, -0.25) is 10.1 Å². The number of hydrogen-bond donors (Lipinski definition) is 1. The topological polar surface area (TPSA) is 54.9 Å². The maximum atomic E-state index is 12.5. The van der Waals surface area contributed by atoms with Crippen LogP contribution < -0.4 is 5.32 Å². The summed E-state index contributed by atoms with van der Waals surface area (Å²) in [5, 5.41) is 13.5. The molecule has 0 bridgehead atoms. The van der Waals surface area contributed by atoms with Crippen molar-refractivity contribution in [3.05, 3.63) is 48.0 Å². The molecular weight excluding hydrogens is 314 g/mol. The van der Waals surface area contributed by atoms with Crippen LogP contribution in [0.1, 0.15) is 23.7 Å². The highest BCUT2D eigenvalue weighted by atomic mass is 32.2. The van der Waals surface area contributed by atoms with E-state index in [9.17, 15) is 4.79 Å². The first-order valence-electron chi connectivity index (χ1n) is 7.03. The number of carbonyl (C=O) groups is 1. The molecule has 0 spiro atoms. The van der Waals surface area contributed by atoms with Crippen LogP contribution in [-0.2, 0) is 0 Å². The lowest BCUT2D eigenvalue weighted by molar-refractivity contribution is 0.102. The highest BCUT2D eigenvalue weighted by Crippen LogP contribution is 2.27. The zero-order chi connectivity index (χ0) is 15.4. The van der Waals surface area contributed by atoms with Gasteiger partial charge in [0, 0.05) is 11.3 Å². The normalized spacial score (nSPS) is 10.8. The third-order valence-electron chi connectivity index (χ3n) is 3.09. The van der Waals surface area contributed by atoms with Crippen LogP contribution >= 0.6 is 23.1 Å². The summed E-state index contributed by atoms with van der Waals surface area (Å²) in [6.45, 7) is 2.12. The van der Waals surface area contributed by atoms with Gasteiger partial charge in [-0.25, -0.2) is 0 Å². The first kappa shape index (κ1) is 15.0. The SMILES string of the molecule is CCCSc1nnc(NC(=O)c2cccc3ccccc23)s1. The molecule has 0 saturated carbocycles. The number of thioether (sulfide) groups is 1. The number of aromatic nitrogens is 2. The number of rotatable bonds is 5. The summed E-state index contributed by atoms with van der Waals surface area (Å²) in [6, 6.07) is 13.6. The van der Waals surface area contributed by atoms with Gasteiger partial charge < -0.3 is 0 Å². The molecule has 3 rings (SSSR count). The van der Waals surface area contributed by atoms with E-state index in [2.05, 4.69) is 22.4 Å². The van der Waals surface area contributed by atoms with Crippen LogP contribution in [-0.4, -0.2) is 21.9 Å². The molecule has 2 aromatic carbocycles. The number of amides is 1. The largest absolute Gasteiger partial charge is 0.296 e. The minimum atomic E-state index is -0.153. The van der Waals surface area contributed by atoms with E-state index in [1.165, 1.54) is 11.3 Å². The van der Waals surface area contributed by atoms with Crippen LogP contribution in [0.5, 0.6) is 0 Å². The van der Waals surface area contributed by atoms with Crippen molar-refractivity contribution in [2.45, 2.75) is 17.7 Å². The Kier molecular flexibility index (Phi) is 4.70. The Morgan fingerprint density at radius 3 is 2.86 bits per heavy atom. The Morgan fingerprint density at radius 1 is 1.18 bits per heavy atom. The maximum absolute atomic E-state index is 12.5. The monoisotopic (exact) mass is 329 g/mol. The molecule has 0 radical (unpaired) electrons. The molecule has 6 heteroatoms. The quantitative estimate of drug-likeness (QED) is 0.555. The number of hydrogen-bond acceptors (Lipinski definition) is 5. The van der Waals surface area contributed by atoms with E-state index in [1.54, 1.807) is 11.8 Å². The van der Waals surface area contributed by atoms with Gasteiger partial charge in [0.05, 0.1) is 0 Å². The fourth-order valence-corrected chi connectivity index (χ4v) is 3.77. The molecular formula is C16H15N3OS2. The summed E-state index contributed by atoms with van der Waals surface area (Å²) in [7, 11) is 0. The second kappa shape index (κ2) is 6.89. The van der Waals surface area contributed by atoms with Crippen LogP contribution in [0.2, 0.25) is 0 Å². The molecule has 0 unspecified atom stereocenters. The smallest absolute Gasteiger partial charge is 0.258 e. The Bertz CT molecular complexity index is 795. The van der Waals surface area contributed by atoms with E-state index in [-0.39, 0.29) is 5.91 Å². The van der Waals surface area contributed by atoms with Gasteiger partial charge in [0.2, 0.25) is 5.13 Å². The predicted molar refractivity (Wildman–Crippen MR) is 92.8 cm³/mol. The number of fused-ring (bicyclic) bond motifs is 1. The summed E-state index contributed by atoms with van der Waals surface area (Å²) in [4.78, 5) is 12.5. The second-order valence-electron chi connectivity index (χ2n) is 4.70. The molecule has 1 N–H and O–H groups in total. The van der Waals surface area contributed by atoms with Crippen molar-refractivity contribution in [3.8, 4) is 0 Å². The number of nitrogens with zero attached hydrogens (tertiary/aromatic N) is 2. The van der Waals surface area contributed by atoms with E-state index in [0.717, 1.165) is 27.3 Å². The fourth-order valence-electron chi connectivity index (χ4n) is 2.10. The summed E-state index contributed by atoms with van der Waals surface area (Å²) < 4.78 is 0.884. The Hall–Kier alpha value is -1.92. The number of benzene rings is 2. The van der Waals surface area contributed by atoms with Crippen molar-refractivity contribution in [1.82, 2.24) is 10.2 Å². The van der Waals surface area contributed by atoms with E-state index in [1.807, 2.05) is 42.5 Å². The van der Waals surface area contributed by atoms with Crippen molar-refractivity contribution < 1.29 is 4.79 Å². The second-order valence-corrected chi connectivity index (χ2v) is 7.02. The molecule has 1 heterocycles. The molecule has 0 aliphatic carbocycles. The maximum Gasteiger partial charge on any atom is 0.258 e. The third kappa shape index (κ3) is 3.28. The summed E-state index contributed by atoms with van der Waals surface area (Å²) in [5.74, 6) is 0.853. The molecule has 0 fully saturated rings. The van der Waals surface area contributed by atoms with E-state index in [0.29, 0.717) is 10.7 Å². The number of nitrogens with one attached hydrogen (secondary N) is 1. The van der Waals surface area contributed by atoms with E-state index in [4.69, 9.17) is 0 Å². The molecule has 3 aromatic rings. The van der Waals surface area contributed by atoms with E-state index >= 15 is 0 Å².